The first-order valence-corrected chi connectivity index (χ1v) is 5.19. The predicted octanol–water partition coefficient (Wildman–Crippen LogP) is -0.135. The molecule has 0 spiro atoms. The molecule has 1 saturated heterocycles. The lowest BCUT2D eigenvalue weighted by molar-refractivity contribution is -0.158. The molecule has 0 bridgehead atoms. The molecule has 1 atom stereocenters. The Labute approximate surface area is 93.6 Å². The van der Waals surface area contributed by atoms with Gasteiger partial charge in [-0.15, -0.1) is 0 Å². The van der Waals surface area contributed by atoms with Crippen molar-refractivity contribution in [3.8, 4) is 0 Å². The summed E-state index contributed by atoms with van der Waals surface area (Å²) in [6, 6.07) is -0.985. The molecule has 0 aromatic rings. The number of aliphatic carboxylic acids is 1. The van der Waals surface area contributed by atoms with Gasteiger partial charge in [-0.2, -0.15) is 0 Å². The van der Waals surface area contributed by atoms with Gasteiger partial charge < -0.3 is 15.3 Å². The number of hydrogen-bond acceptors (Lipinski definition) is 3. The number of carboxylic acids is 1. The van der Waals surface area contributed by atoms with E-state index < -0.39 is 23.6 Å². The van der Waals surface area contributed by atoms with Gasteiger partial charge in [-0.25, -0.2) is 9.18 Å². The minimum atomic E-state index is -1.93. The van der Waals surface area contributed by atoms with Crippen LogP contribution in [0.25, 0.3) is 0 Å². The second-order valence-corrected chi connectivity index (χ2v) is 4.51. The molecule has 0 aliphatic carbocycles. The Kier molecular flexibility index (Phi) is 3.52. The molecule has 6 heteroatoms. The number of carbonyl (C=O) groups is 2. The quantitative estimate of drug-likeness (QED) is 0.708. The van der Waals surface area contributed by atoms with Gasteiger partial charge in [0.05, 0.1) is 0 Å². The van der Waals surface area contributed by atoms with Crippen LogP contribution in [0.3, 0.4) is 0 Å². The summed E-state index contributed by atoms with van der Waals surface area (Å²) in [4.78, 5) is 23.7. The van der Waals surface area contributed by atoms with Gasteiger partial charge in [-0.05, 0) is 5.92 Å². The molecule has 1 heterocycles. The lowest BCUT2D eigenvalue weighted by Gasteiger charge is -2.39. The number of halogens is 1. The third-order valence-corrected chi connectivity index (χ3v) is 2.82. The third-order valence-electron chi connectivity index (χ3n) is 2.82. The zero-order valence-corrected chi connectivity index (χ0v) is 9.66. The van der Waals surface area contributed by atoms with Gasteiger partial charge in [-0.3, -0.25) is 4.79 Å². The maximum Gasteiger partial charge on any atom is 0.326 e. The molecule has 5 nitrogen and oxygen atoms in total. The summed E-state index contributed by atoms with van der Waals surface area (Å²) in [5.74, 6) is -2.13. The van der Waals surface area contributed by atoms with E-state index in [1.165, 1.54) is 7.05 Å². The molecule has 0 aromatic heterocycles. The molecule has 16 heavy (non-hydrogen) atoms. The first kappa shape index (κ1) is 12.9. The topological polar surface area (TPSA) is 69.6 Å². The molecule has 0 aromatic carbocycles. The fraction of sp³-hybridized carbons (Fsp3) is 0.800. The summed E-state index contributed by atoms with van der Waals surface area (Å²) in [6.45, 7) is 3.29. The van der Waals surface area contributed by atoms with Gasteiger partial charge in [0.2, 0.25) is 5.67 Å². The molecular weight excluding hydrogens is 215 g/mol. The standard InChI is InChI=1S/C10H17FN2O3/c1-6(2)7(8(14)15)13(3)9(16)10(11)4-12-5-10/h6-7,12H,4-5H2,1-3H3,(H,14,15)/t7-/m0/s1. The van der Waals surface area contributed by atoms with Crippen molar-refractivity contribution >= 4 is 11.9 Å². The Balaban J connectivity index is 2.78. The maximum absolute atomic E-state index is 13.8. The van der Waals surface area contributed by atoms with Crippen LogP contribution in [0.15, 0.2) is 0 Å². The van der Waals surface area contributed by atoms with Crippen molar-refractivity contribution in [1.29, 1.82) is 0 Å². The summed E-state index contributed by atoms with van der Waals surface area (Å²) < 4.78 is 13.8. The first-order chi connectivity index (χ1) is 7.29. The Bertz CT molecular complexity index is 302. The smallest absolute Gasteiger partial charge is 0.326 e. The SMILES string of the molecule is CC(C)[C@@H](C(=O)O)N(C)C(=O)C1(F)CNC1. The molecule has 0 saturated carbocycles. The van der Waals surface area contributed by atoms with Crippen molar-refractivity contribution < 1.29 is 19.1 Å². The zero-order chi connectivity index (χ0) is 12.5. The Hall–Kier alpha value is -1.17. The van der Waals surface area contributed by atoms with Crippen LogP contribution in [0.1, 0.15) is 13.8 Å². The van der Waals surface area contributed by atoms with Crippen LogP contribution in [0.2, 0.25) is 0 Å². The Morgan fingerprint density at radius 2 is 1.94 bits per heavy atom. The number of nitrogens with zero attached hydrogens (tertiary/aromatic N) is 1. The highest BCUT2D eigenvalue weighted by molar-refractivity contribution is 5.90. The van der Waals surface area contributed by atoms with Crippen LogP contribution in [-0.2, 0) is 9.59 Å². The molecule has 1 aliphatic heterocycles. The molecule has 92 valence electrons. The molecule has 0 radical (unpaired) electrons. The lowest BCUT2D eigenvalue weighted by atomic mass is 9.95. The zero-order valence-electron chi connectivity index (χ0n) is 9.66. The minimum absolute atomic E-state index is 0.0411. The summed E-state index contributed by atoms with van der Waals surface area (Å²) in [7, 11) is 1.33. The second kappa shape index (κ2) is 4.37. The number of likely N-dealkylation sites (N-methyl/N-ethyl adjacent to an activating group) is 1. The van der Waals surface area contributed by atoms with E-state index in [1.807, 2.05) is 0 Å². The van der Waals surface area contributed by atoms with E-state index >= 15 is 0 Å². The molecule has 1 aliphatic rings. The number of nitrogens with one attached hydrogen (secondary N) is 1. The number of alkyl halides is 1. The van der Waals surface area contributed by atoms with Gasteiger partial charge in [0.15, 0.2) is 0 Å². The van der Waals surface area contributed by atoms with Crippen molar-refractivity contribution in [1.82, 2.24) is 10.2 Å². The number of carboxylic acid groups (broad SMARTS) is 1. The van der Waals surface area contributed by atoms with Crippen molar-refractivity contribution in [2.24, 2.45) is 5.92 Å². The average molecular weight is 232 g/mol. The summed E-state index contributed by atoms with van der Waals surface area (Å²) in [5, 5.41) is 11.7. The summed E-state index contributed by atoms with van der Waals surface area (Å²) in [5.41, 5.74) is -1.93. The Morgan fingerprint density at radius 3 is 2.19 bits per heavy atom. The van der Waals surface area contributed by atoms with Gasteiger partial charge >= 0.3 is 5.97 Å². The van der Waals surface area contributed by atoms with Crippen LogP contribution in [-0.4, -0.2) is 53.7 Å². The molecular formula is C10H17FN2O3. The molecule has 1 amide bonds. The van der Waals surface area contributed by atoms with Crippen molar-refractivity contribution in [3.05, 3.63) is 0 Å². The van der Waals surface area contributed by atoms with E-state index in [0.29, 0.717) is 0 Å². The minimum Gasteiger partial charge on any atom is -0.480 e. The highest BCUT2D eigenvalue weighted by atomic mass is 19.1. The molecule has 2 N–H and O–H groups in total. The molecule has 0 unspecified atom stereocenters. The number of carbonyl (C=O) groups excluding carboxylic acids is 1. The van der Waals surface area contributed by atoms with Crippen molar-refractivity contribution in [2.45, 2.75) is 25.6 Å². The predicted molar refractivity (Wildman–Crippen MR) is 55.7 cm³/mol. The van der Waals surface area contributed by atoms with Crippen LogP contribution in [0.5, 0.6) is 0 Å². The fourth-order valence-electron chi connectivity index (χ4n) is 1.84. The van der Waals surface area contributed by atoms with Crippen LogP contribution < -0.4 is 5.32 Å². The van der Waals surface area contributed by atoms with Crippen molar-refractivity contribution in [2.75, 3.05) is 20.1 Å². The van der Waals surface area contributed by atoms with Crippen molar-refractivity contribution in [3.63, 3.8) is 0 Å². The van der Waals surface area contributed by atoms with Gasteiger partial charge in [0, 0.05) is 20.1 Å². The largest absolute Gasteiger partial charge is 0.480 e. The third kappa shape index (κ3) is 2.16. The van der Waals surface area contributed by atoms with Crippen LogP contribution in [0, 0.1) is 5.92 Å². The average Bonchev–Trinajstić information content (AvgIpc) is 2.11. The second-order valence-electron chi connectivity index (χ2n) is 4.51. The van der Waals surface area contributed by atoms with Crippen LogP contribution >= 0.6 is 0 Å². The highest BCUT2D eigenvalue weighted by Gasteiger charge is 2.48. The van der Waals surface area contributed by atoms with E-state index in [1.54, 1.807) is 13.8 Å². The summed E-state index contributed by atoms with van der Waals surface area (Å²) in [6.07, 6.45) is 0. The van der Waals surface area contributed by atoms with E-state index in [2.05, 4.69) is 5.32 Å². The van der Waals surface area contributed by atoms with E-state index in [-0.39, 0.29) is 19.0 Å². The van der Waals surface area contributed by atoms with E-state index in [4.69, 9.17) is 5.11 Å². The number of rotatable bonds is 4. The fourth-order valence-corrected chi connectivity index (χ4v) is 1.84. The maximum atomic E-state index is 13.8. The summed E-state index contributed by atoms with van der Waals surface area (Å²) >= 11 is 0. The number of hydrogen-bond donors (Lipinski definition) is 2. The Morgan fingerprint density at radius 1 is 1.44 bits per heavy atom. The van der Waals surface area contributed by atoms with Crippen LogP contribution in [0.4, 0.5) is 4.39 Å². The lowest BCUT2D eigenvalue weighted by Crippen LogP contribution is -2.66. The first-order valence-electron chi connectivity index (χ1n) is 5.19. The normalized spacial score (nSPS) is 20.1. The number of amides is 1. The van der Waals surface area contributed by atoms with Gasteiger partial charge in [-0.1, -0.05) is 13.8 Å². The van der Waals surface area contributed by atoms with Gasteiger partial charge in [0.25, 0.3) is 5.91 Å². The van der Waals surface area contributed by atoms with E-state index in [9.17, 15) is 14.0 Å². The van der Waals surface area contributed by atoms with E-state index in [0.717, 1.165) is 4.90 Å². The highest BCUT2D eigenvalue weighted by Crippen LogP contribution is 2.22. The van der Waals surface area contributed by atoms with Gasteiger partial charge in [0.1, 0.15) is 6.04 Å². The molecule has 1 fully saturated rings. The monoisotopic (exact) mass is 232 g/mol. The molecule has 1 rings (SSSR count).